The molecule has 0 saturated heterocycles. The highest BCUT2D eigenvalue weighted by Crippen LogP contribution is 2.26. The number of benzene rings is 1. The summed E-state index contributed by atoms with van der Waals surface area (Å²) >= 11 is 1.79. The number of pyridine rings is 1. The van der Waals surface area contributed by atoms with E-state index < -0.39 is 0 Å². The van der Waals surface area contributed by atoms with Crippen molar-refractivity contribution in [3.8, 4) is 5.75 Å². The van der Waals surface area contributed by atoms with Crippen LogP contribution in [0.25, 0.3) is 0 Å². The summed E-state index contributed by atoms with van der Waals surface area (Å²) in [5.41, 5.74) is 1.26. The van der Waals surface area contributed by atoms with Crippen molar-refractivity contribution >= 4 is 17.6 Å². The average molecular weight is 274 g/mol. The summed E-state index contributed by atoms with van der Waals surface area (Å²) in [6.45, 7) is 2.96. The van der Waals surface area contributed by atoms with E-state index in [1.807, 2.05) is 24.4 Å². The van der Waals surface area contributed by atoms with Gasteiger partial charge in [0.1, 0.15) is 11.6 Å². The van der Waals surface area contributed by atoms with Crippen LogP contribution < -0.4 is 10.1 Å². The first-order valence-corrected chi connectivity index (χ1v) is 7.26. The van der Waals surface area contributed by atoms with Crippen LogP contribution in [0.5, 0.6) is 5.75 Å². The first-order chi connectivity index (χ1) is 9.31. The Hall–Kier alpha value is -1.68. The lowest BCUT2D eigenvalue weighted by Crippen LogP contribution is -1.99. The molecule has 3 nitrogen and oxygen atoms in total. The van der Waals surface area contributed by atoms with Crippen LogP contribution >= 0.6 is 11.8 Å². The summed E-state index contributed by atoms with van der Waals surface area (Å²) in [4.78, 5) is 5.48. The third kappa shape index (κ3) is 4.17. The molecule has 0 unspecified atom stereocenters. The predicted octanol–water partition coefficient (Wildman–Crippen LogP) is 3.81. The normalized spacial score (nSPS) is 10.2. The second-order valence-electron chi connectivity index (χ2n) is 4.05. The van der Waals surface area contributed by atoms with Gasteiger partial charge in [0.25, 0.3) is 0 Å². The minimum absolute atomic E-state index is 0.888. The minimum atomic E-state index is 0.888. The van der Waals surface area contributed by atoms with Gasteiger partial charge in [-0.25, -0.2) is 4.98 Å². The number of nitrogens with zero attached hydrogens (tertiary/aromatic N) is 1. The maximum atomic E-state index is 5.22. The van der Waals surface area contributed by atoms with Gasteiger partial charge in [-0.3, -0.25) is 0 Å². The lowest BCUT2D eigenvalue weighted by atomic mass is 10.3. The summed E-state index contributed by atoms with van der Waals surface area (Å²) < 4.78 is 5.22. The van der Waals surface area contributed by atoms with Crippen LogP contribution in [0.2, 0.25) is 0 Å². The quantitative estimate of drug-likeness (QED) is 0.812. The summed E-state index contributed by atoms with van der Waals surface area (Å²) in [5.74, 6) is 2.76. The largest absolute Gasteiger partial charge is 0.497 e. The van der Waals surface area contributed by atoms with Gasteiger partial charge in [0.05, 0.1) is 7.11 Å². The summed E-state index contributed by atoms with van der Waals surface area (Å²) in [5, 5.41) is 3.22. The van der Waals surface area contributed by atoms with Crippen LogP contribution in [0, 0.1) is 0 Å². The SMILES string of the molecule is CCNc1cc(CSc2cccc(OC)c2)ccn1. The van der Waals surface area contributed by atoms with Crippen LogP contribution in [0.4, 0.5) is 5.82 Å². The molecule has 1 N–H and O–H groups in total. The van der Waals surface area contributed by atoms with Crippen molar-refractivity contribution in [3.63, 3.8) is 0 Å². The van der Waals surface area contributed by atoms with Crippen LogP contribution in [-0.4, -0.2) is 18.6 Å². The number of hydrogen-bond donors (Lipinski definition) is 1. The lowest BCUT2D eigenvalue weighted by Gasteiger charge is -2.06. The minimum Gasteiger partial charge on any atom is -0.497 e. The highest BCUT2D eigenvalue weighted by molar-refractivity contribution is 7.98. The molecule has 0 aliphatic carbocycles. The number of nitrogens with one attached hydrogen (secondary N) is 1. The maximum absolute atomic E-state index is 5.22. The molecule has 0 aliphatic heterocycles. The van der Waals surface area contributed by atoms with Gasteiger partial charge in [-0.1, -0.05) is 6.07 Å². The molecule has 0 spiro atoms. The molecule has 0 aliphatic rings. The number of aromatic nitrogens is 1. The molecule has 2 rings (SSSR count). The molecule has 0 amide bonds. The number of hydrogen-bond acceptors (Lipinski definition) is 4. The molecule has 0 radical (unpaired) electrons. The molecule has 2 aromatic rings. The molecule has 0 fully saturated rings. The number of anilines is 1. The van der Waals surface area contributed by atoms with Gasteiger partial charge in [-0.05, 0) is 42.8 Å². The molecule has 0 saturated carbocycles. The Balaban J connectivity index is 1.99. The zero-order valence-electron chi connectivity index (χ0n) is 11.2. The molecule has 4 heteroatoms. The number of methoxy groups -OCH3 is 1. The summed E-state index contributed by atoms with van der Waals surface area (Å²) in [7, 11) is 1.69. The number of rotatable bonds is 6. The highest BCUT2D eigenvalue weighted by Gasteiger charge is 2.00. The standard InChI is InChI=1S/C15H18N2OS/c1-3-16-15-9-12(7-8-17-15)11-19-14-6-4-5-13(10-14)18-2/h4-10H,3,11H2,1-2H3,(H,16,17). The lowest BCUT2D eigenvalue weighted by molar-refractivity contribution is 0.413. The van der Waals surface area contributed by atoms with E-state index in [2.05, 4.69) is 35.4 Å². The van der Waals surface area contributed by atoms with Crippen molar-refractivity contribution in [1.29, 1.82) is 0 Å². The van der Waals surface area contributed by atoms with E-state index in [1.54, 1.807) is 18.9 Å². The van der Waals surface area contributed by atoms with Gasteiger partial charge >= 0.3 is 0 Å². The van der Waals surface area contributed by atoms with Crippen molar-refractivity contribution in [2.45, 2.75) is 17.6 Å². The van der Waals surface area contributed by atoms with E-state index in [9.17, 15) is 0 Å². The van der Waals surface area contributed by atoms with Gasteiger partial charge in [0, 0.05) is 23.4 Å². The van der Waals surface area contributed by atoms with E-state index in [1.165, 1.54) is 10.5 Å². The Morgan fingerprint density at radius 2 is 2.16 bits per heavy atom. The van der Waals surface area contributed by atoms with Crippen LogP contribution in [-0.2, 0) is 5.75 Å². The average Bonchev–Trinajstić information content (AvgIpc) is 2.46. The van der Waals surface area contributed by atoms with Crippen molar-refractivity contribution in [2.24, 2.45) is 0 Å². The Bertz CT molecular complexity index is 531. The highest BCUT2D eigenvalue weighted by atomic mass is 32.2. The van der Waals surface area contributed by atoms with E-state index in [-0.39, 0.29) is 0 Å². The summed E-state index contributed by atoms with van der Waals surface area (Å²) in [6.07, 6.45) is 1.85. The molecule has 19 heavy (non-hydrogen) atoms. The van der Waals surface area contributed by atoms with Crippen LogP contribution in [0.15, 0.2) is 47.5 Å². The van der Waals surface area contributed by atoms with Gasteiger partial charge in [0.15, 0.2) is 0 Å². The first-order valence-electron chi connectivity index (χ1n) is 6.27. The van der Waals surface area contributed by atoms with Crippen molar-refractivity contribution in [2.75, 3.05) is 19.0 Å². The molecule has 0 atom stereocenters. The third-order valence-corrected chi connectivity index (χ3v) is 3.69. The first kappa shape index (κ1) is 13.7. The molecule has 1 heterocycles. The van der Waals surface area contributed by atoms with Crippen LogP contribution in [0.1, 0.15) is 12.5 Å². The fourth-order valence-electron chi connectivity index (χ4n) is 1.70. The molecule has 1 aromatic carbocycles. The van der Waals surface area contributed by atoms with Gasteiger partial charge < -0.3 is 10.1 Å². The Morgan fingerprint density at radius 3 is 2.95 bits per heavy atom. The topological polar surface area (TPSA) is 34.1 Å². The summed E-state index contributed by atoms with van der Waals surface area (Å²) in [6, 6.07) is 12.3. The smallest absolute Gasteiger partial charge is 0.126 e. The fraction of sp³-hybridized carbons (Fsp3) is 0.267. The van der Waals surface area contributed by atoms with E-state index in [0.29, 0.717) is 0 Å². The Kier molecular flexibility index (Phi) is 5.10. The number of thioether (sulfide) groups is 1. The van der Waals surface area contributed by atoms with Gasteiger partial charge in [0.2, 0.25) is 0 Å². The van der Waals surface area contributed by atoms with Gasteiger partial charge in [-0.15, -0.1) is 11.8 Å². The fourth-order valence-corrected chi connectivity index (χ4v) is 2.59. The Morgan fingerprint density at radius 1 is 1.26 bits per heavy atom. The van der Waals surface area contributed by atoms with Crippen LogP contribution in [0.3, 0.4) is 0 Å². The molecule has 100 valence electrons. The zero-order chi connectivity index (χ0) is 13.5. The molecule has 0 bridgehead atoms. The molecular formula is C15H18N2OS. The van der Waals surface area contributed by atoms with Crippen molar-refractivity contribution < 1.29 is 4.74 Å². The van der Waals surface area contributed by atoms with E-state index in [4.69, 9.17) is 4.74 Å². The van der Waals surface area contributed by atoms with Gasteiger partial charge in [-0.2, -0.15) is 0 Å². The van der Waals surface area contributed by atoms with E-state index >= 15 is 0 Å². The van der Waals surface area contributed by atoms with Crippen molar-refractivity contribution in [1.82, 2.24) is 4.98 Å². The van der Waals surface area contributed by atoms with E-state index in [0.717, 1.165) is 23.9 Å². The molecule has 1 aromatic heterocycles. The second kappa shape index (κ2) is 7.04. The second-order valence-corrected chi connectivity index (χ2v) is 5.10. The monoisotopic (exact) mass is 274 g/mol. The maximum Gasteiger partial charge on any atom is 0.126 e. The number of ether oxygens (including phenoxy) is 1. The van der Waals surface area contributed by atoms with Crippen molar-refractivity contribution in [3.05, 3.63) is 48.2 Å². The predicted molar refractivity (Wildman–Crippen MR) is 81.0 cm³/mol. The third-order valence-electron chi connectivity index (χ3n) is 2.63. The zero-order valence-corrected chi connectivity index (χ0v) is 12.0. The Labute approximate surface area is 118 Å². The molecular weight excluding hydrogens is 256 g/mol.